The highest BCUT2D eigenvalue weighted by Crippen LogP contribution is 2.43. The Balaban J connectivity index is 2.00. The van der Waals surface area contributed by atoms with Crippen LogP contribution in [0.5, 0.6) is 0 Å². The van der Waals surface area contributed by atoms with Gasteiger partial charge in [0, 0.05) is 5.39 Å². The number of nitriles is 1. The third-order valence-corrected chi connectivity index (χ3v) is 6.50. The molecule has 0 radical (unpaired) electrons. The second-order valence-corrected chi connectivity index (χ2v) is 8.50. The van der Waals surface area contributed by atoms with E-state index < -0.39 is 11.4 Å². The highest BCUT2D eigenvalue weighted by atomic mass is 127. The maximum atomic E-state index is 15.6. The van der Waals surface area contributed by atoms with Crippen molar-refractivity contribution in [2.75, 3.05) is 0 Å². The van der Waals surface area contributed by atoms with Crippen LogP contribution < -0.4 is 0 Å². The van der Waals surface area contributed by atoms with Gasteiger partial charge in [-0.3, -0.25) is 0 Å². The van der Waals surface area contributed by atoms with Crippen molar-refractivity contribution >= 4 is 33.5 Å². The summed E-state index contributed by atoms with van der Waals surface area (Å²) < 4.78 is 18.0. The molecule has 32 heavy (non-hydrogen) atoms. The lowest BCUT2D eigenvalue weighted by atomic mass is 9.77. The summed E-state index contributed by atoms with van der Waals surface area (Å²) in [5.41, 5.74) is 2.61. The molecule has 0 saturated heterocycles. The third-order valence-electron chi connectivity index (χ3n) is 5.71. The van der Waals surface area contributed by atoms with Crippen LogP contribution in [-0.2, 0) is 5.54 Å². The van der Waals surface area contributed by atoms with Crippen molar-refractivity contribution < 1.29 is 4.39 Å². The molecule has 1 heterocycles. The summed E-state index contributed by atoms with van der Waals surface area (Å²) in [6.45, 7) is 0. The van der Waals surface area contributed by atoms with E-state index in [1.165, 1.54) is 6.07 Å². The molecule has 0 atom stereocenters. The van der Waals surface area contributed by atoms with Crippen molar-refractivity contribution in [2.24, 2.45) is 0 Å². The summed E-state index contributed by atoms with van der Waals surface area (Å²) in [4.78, 5) is 0. The number of hydrogen-bond donors (Lipinski definition) is 0. The molecule has 0 aliphatic carbocycles. The minimum atomic E-state index is -0.916. The zero-order valence-corrected chi connectivity index (χ0v) is 19.1. The van der Waals surface area contributed by atoms with Crippen molar-refractivity contribution in [3.8, 4) is 6.07 Å². The van der Waals surface area contributed by atoms with Crippen molar-refractivity contribution in [1.82, 2.24) is 9.78 Å². The van der Waals surface area contributed by atoms with Gasteiger partial charge in [0.15, 0.2) is 5.82 Å². The molecule has 154 valence electrons. The van der Waals surface area contributed by atoms with Gasteiger partial charge in [-0.1, -0.05) is 91.0 Å². The van der Waals surface area contributed by atoms with Crippen molar-refractivity contribution in [2.45, 2.75) is 5.54 Å². The Bertz CT molecular complexity index is 1340. The third kappa shape index (κ3) is 3.10. The van der Waals surface area contributed by atoms with Gasteiger partial charge >= 0.3 is 0 Å². The van der Waals surface area contributed by atoms with Crippen LogP contribution in [0.15, 0.2) is 103 Å². The largest absolute Gasteiger partial charge is 0.241 e. The first-order valence-corrected chi connectivity index (χ1v) is 11.2. The summed E-state index contributed by atoms with van der Waals surface area (Å²) in [5.74, 6) is -0.471. The topological polar surface area (TPSA) is 41.6 Å². The van der Waals surface area contributed by atoms with Crippen LogP contribution in [0.2, 0.25) is 0 Å². The van der Waals surface area contributed by atoms with Gasteiger partial charge < -0.3 is 0 Å². The fraction of sp³-hybridized carbons (Fsp3) is 0.0370. The van der Waals surface area contributed by atoms with Gasteiger partial charge in [0.25, 0.3) is 0 Å². The molecule has 5 aromatic rings. The maximum absolute atomic E-state index is 15.6. The van der Waals surface area contributed by atoms with Crippen LogP contribution in [0.25, 0.3) is 10.9 Å². The molecule has 0 amide bonds. The molecule has 4 aromatic carbocycles. The molecule has 0 spiro atoms. The lowest BCUT2D eigenvalue weighted by Gasteiger charge is -2.37. The number of rotatable bonds is 4. The maximum Gasteiger partial charge on any atom is 0.150 e. The van der Waals surface area contributed by atoms with Crippen LogP contribution in [0.3, 0.4) is 0 Å². The number of nitrogens with zero attached hydrogens (tertiary/aromatic N) is 3. The van der Waals surface area contributed by atoms with E-state index in [2.05, 4.69) is 22.6 Å². The Morgan fingerprint density at radius 1 is 0.781 bits per heavy atom. The summed E-state index contributed by atoms with van der Waals surface area (Å²) in [7, 11) is 0. The van der Waals surface area contributed by atoms with Crippen LogP contribution in [0.4, 0.5) is 4.39 Å². The molecular weight excluding hydrogens is 512 g/mol. The molecule has 0 bridgehead atoms. The fourth-order valence-electron chi connectivity index (χ4n) is 4.38. The van der Waals surface area contributed by atoms with E-state index >= 15 is 4.39 Å². The lowest BCUT2D eigenvalue weighted by molar-refractivity contribution is 0.465. The van der Waals surface area contributed by atoms with Crippen LogP contribution in [-0.4, -0.2) is 9.78 Å². The molecule has 0 saturated carbocycles. The SMILES string of the molecule is N#Cc1cc(F)c2c(c1)c(I)nn2C(c1ccccc1)(c1ccccc1)c1ccccc1. The molecule has 5 heteroatoms. The van der Waals surface area contributed by atoms with E-state index in [-0.39, 0.29) is 5.56 Å². The average Bonchev–Trinajstić information content (AvgIpc) is 3.18. The predicted octanol–water partition coefficient (Wildman–Crippen LogP) is 6.49. The Hall–Kier alpha value is -3.50. The first-order valence-electron chi connectivity index (χ1n) is 10.1. The monoisotopic (exact) mass is 529 g/mol. The Morgan fingerprint density at radius 2 is 1.25 bits per heavy atom. The highest BCUT2D eigenvalue weighted by molar-refractivity contribution is 14.1. The minimum Gasteiger partial charge on any atom is -0.241 e. The zero-order valence-electron chi connectivity index (χ0n) is 16.9. The van der Waals surface area contributed by atoms with Gasteiger partial charge in [-0.2, -0.15) is 10.4 Å². The Morgan fingerprint density at radius 3 is 1.69 bits per heavy atom. The molecule has 1 aromatic heterocycles. The summed E-state index contributed by atoms with van der Waals surface area (Å²) in [6, 6.07) is 35.1. The Labute approximate surface area is 198 Å². The predicted molar refractivity (Wildman–Crippen MR) is 132 cm³/mol. The summed E-state index contributed by atoms with van der Waals surface area (Å²) >= 11 is 2.12. The van der Waals surface area contributed by atoms with E-state index in [0.717, 1.165) is 16.7 Å². The Kier molecular flexibility index (Phi) is 5.24. The van der Waals surface area contributed by atoms with Crippen LogP contribution in [0.1, 0.15) is 22.3 Å². The van der Waals surface area contributed by atoms with Gasteiger partial charge in [0.1, 0.15) is 14.8 Å². The number of halogens is 2. The molecule has 3 nitrogen and oxygen atoms in total. The molecular formula is C27H17FIN3. The lowest BCUT2D eigenvalue weighted by Crippen LogP contribution is -2.38. The van der Waals surface area contributed by atoms with E-state index in [4.69, 9.17) is 5.10 Å². The summed E-state index contributed by atoms with van der Waals surface area (Å²) in [5, 5.41) is 14.9. The standard InChI is InChI=1S/C27H17FIN3/c28-24-17-19(18-30)16-23-25(24)32(31-26(23)29)27(20-10-4-1-5-11-20,21-12-6-2-7-13-21)22-14-8-3-9-15-22/h1-17H. The van der Waals surface area contributed by atoms with Crippen molar-refractivity contribution in [3.63, 3.8) is 0 Å². The van der Waals surface area contributed by atoms with Gasteiger partial charge in [-0.05, 0) is 51.4 Å². The van der Waals surface area contributed by atoms with Crippen molar-refractivity contribution in [3.05, 3.63) is 135 Å². The average molecular weight is 529 g/mol. The van der Waals surface area contributed by atoms with Gasteiger partial charge in [-0.15, -0.1) is 0 Å². The number of hydrogen-bond acceptors (Lipinski definition) is 2. The van der Waals surface area contributed by atoms with Crippen LogP contribution in [0, 0.1) is 20.8 Å². The van der Waals surface area contributed by atoms with E-state index in [0.29, 0.717) is 14.6 Å². The smallest absolute Gasteiger partial charge is 0.150 e. The van der Waals surface area contributed by atoms with Gasteiger partial charge in [0.05, 0.1) is 11.6 Å². The zero-order chi connectivity index (χ0) is 22.1. The number of aromatic nitrogens is 2. The minimum absolute atomic E-state index is 0.275. The second-order valence-electron chi connectivity index (χ2n) is 7.48. The van der Waals surface area contributed by atoms with E-state index in [9.17, 15) is 5.26 Å². The molecule has 0 aliphatic rings. The molecule has 0 unspecified atom stereocenters. The summed E-state index contributed by atoms with van der Waals surface area (Å²) in [6.07, 6.45) is 0. The number of benzene rings is 4. The van der Waals surface area contributed by atoms with E-state index in [1.54, 1.807) is 10.7 Å². The van der Waals surface area contributed by atoms with E-state index in [1.807, 2.05) is 97.1 Å². The van der Waals surface area contributed by atoms with Gasteiger partial charge in [0.2, 0.25) is 0 Å². The first-order chi connectivity index (χ1) is 15.7. The fourth-order valence-corrected chi connectivity index (χ4v) is 5.00. The quantitative estimate of drug-likeness (QED) is 0.197. The molecule has 0 fully saturated rings. The van der Waals surface area contributed by atoms with Gasteiger partial charge in [-0.25, -0.2) is 9.07 Å². The first kappa shape index (κ1) is 20.4. The molecule has 0 aliphatic heterocycles. The normalized spacial score (nSPS) is 11.4. The number of fused-ring (bicyclic) bond motifs is 1. The highest BCUT2D eigenvalue weighted by Gasteiger charge is 2.41. The van der Waals surface area contributed by atoms with Crippen LogP contribution >= 0.6 is 22.6 Å². The van der Waals surface area contributed by atoms with Crippen molar-refractivity contribution in [1.29, 1.82) is 5.26 Å². The molecule has 0 N–H and O–H groups in total. The molecule has 5 rings (SSSR count). The second kappa shape index (κ2) is 8.21.